The first kappa shape index (κ1) is 15.0. The van der Waals surface area contributed by atoms with Gasteiger partial charge >= 0.3 is 6.18 Å². The van der Waals surface area contributed by atoms with E-state index >= 15 is 0 Å². The Morgan fingerprint density at radius 3 is 2.39 bits per heavy atom. The lowest BCUT2D eigenvalue weighted by molar-refractivity contribution is -0.154. The van der Waals surface area contributed by atoms with Crippen LogP contribution in [0.15, 0.2) is 57.7 Å². The molecule has 0 aliphatic rings. The second-order valence-electron chi connectivity index (χ2n) is 4.68. The van der Waals surface area contributed by atoms with Crippen molar-refractivity contribution in [3.8, 4) is 17.2 Å². The van der Waals surface area contributed by atoms with Crippen LogP contribution in [-0.4, -0.2) is 5.11 Å². The van der Waals surface area contributed by atoms with E-state index in [0.29, 0.717) is 0 Å². The van der Waals surface area contributed by atoms with Gasteiger partial charge in [0.05, 0.1) is 5.39 Å². The third-order valence-electron chi connectivity index (χ3n) is 3.05. The third kappa shape index (κ3) is 2.85. The number of hydrogen-bond donors (Lipinski definition) is 1. The molecule has 118 valence electrons. The topological polar surface area (TPSA) is 59.7 Å². The highest BCUT2D eigenvalue weighted by atomic mass is 19.4. The van der Waals surface area contributed by atoms with Crippen molar-refractivity contribution >= 4 is 11.0 Å². The lowest BCUT2D eigenvalue weighted by atomic mass is 10.2. The maximum Gasteiger partial charge on any atom is 0.453 e. The third-order valence-corrected chi connectivity index (χ3v) is 3.05. The Labute approximate surface area is 127 Å². The number of alkyl halides is 3. The summed E-state index contributed by atoms with van der Waals surface area (Å²) in [5.74, 6) is -2.74. The molecule has 0 saturated heterocycles. The van der Waals surface area contributed by atoms with Crippen molar-refractivity contribution in [3.05, 3.63) is 64.5 Å². The summed E-state index contributed by atoms with van der Waals surface area (Å²) in [6.07, 6.45) is -4.93. The van der Waals surface area contributed by atoms with Crippen LogP contribution in [-0.2, 0) is 6.18 Å². The summed E-state index contributed by atoms with van der Waals surface area (Å²) in [6, 6.07) is 10.9. The molecule has 0 aliphatic carbocycles. The molecule has 0 unspecified atom stereocenters. The van der Waals surface area contributed by atoms with Crippen molar-refractivity contribution in [1.29, 1.82) is 0 Å². The molecule has 3 aromatic rings. The SMILES string of the molecule is O=c1c(Oc2ccccc2)c(C(F)(F)F)oc2cc(O)ccc12. The summed E-state index contributed by atoms with van der Waals surface area (Å²) in [5, 5.41) is 9.22. The number of benzene rings is 2. The number of phenols is 1. The lowest BCUT2D eigenvalue weighted by Gasteiger charge is -2.13. The maximum absolute atomic E-state index is 13.2. The van der Waals surface area contributed by atoms with Gasteiger partial charge in [0.15, 0.2) is 0 Å². The van der Waals surface area contributed by atoms with Crippen molar-refractivity contribution in [2.24, 2.45) is 0 Å². The van der Waals surface area contributed by atoms with Gasteiger partial charge in [-0.25, -0.2) is 0 Å². The van der Waals surface area contributed by atoms with Gasteiger partial charge in [-0.3, -0.25) is 4.79 Å². The standard InChI is InChI=1S/C16H9F3O4/c17-16(18,19)15-14(22-10-4-2-1-3-5-10)13(21)11-7-6-9(20)8-12(11)23-15/h1-8,20H. The smallest absolute Gasteiger partial charge is 0.453 e. The Bertz CT molecular complexity index is 914. The zero-order valence-corrected chi connectivity index (χ0v) is 11.4. The van der Waals surface area contributed by atoms with Gasteiger partial charge in [0.2, 0.25) is 11.2 Å². The van der Waals surface area contributed by atoms with Gasteiger partial charge in [0.1, 0.15) is 17.1 Å². The average Bonchev–Trinajstić information content (AvgIpc) is 2.49. The van der Waals surface area contributed by atoms with Gasteiger partial charge in [-0.1, -0.05) is 18.2 Å². The van der Waals surface area contributed by atoms with Gasteiger partial charge in [0.25, 0.3) is 5.76 Å². The molecule has 2 aromatic carbocycles. The predicted octanol–water partition coefficient (Wildman–Crippen LogP) is 4.31. The first-order valence-electron chi connectivity index (χ1n) is 6.46. The number of ether oxygens (including phenoxy) is 1. The van der Waals surface area contributed by atoms with Crippen LogP contribution in [0.4, 0.5) is 13.2 Å². The molecule has 7 heteroatoms. The summed E-state index contributed by atoms with van der Waals surface area (Å²) in [4.78, 5) is 12.3. The number of halogens is 3. The van der Waals surface area contributed by atoms with Crippen molar-refractivity contribution in [3.63, 3.8) is 0 Å². The first-order chi connectivity index (χ1) is 10.9. The number of fused-ring (bicyclic) bond motifs is 1. The minimum atomic E-state index is -4.93. The minimum absolute atomic E-state index is 0.0726. The fourth-order valence-electron chi connectivity index (χ4n) is 2.05. The van der Waals surface area contributed by atoms with Crippen LogP contribution in [0.25, 0.3) is 11.0 Å². The molecule has 0 radical (unpaired) electrons. The Balaban J connectivity index is 2.28. The van der Waals surface area contributed by atoms with Crippen molar-refractivity contribution in [1.82, 2.24) is 0 Å². The van der Waals surface area contributed by atoms with Crippen molar-refractivity contribution in [2.75, 3.05) is 0 Å². The quantitative estimate of drug-likeness (QED) is 0.764. The predicted molar refractivity (Wildman–Crippen MR) is 75.7 cm³/mol. The fourth-order valence-corrected chi connectivity index (χ4v) is 2.05. The van der Waals surface area contributed by atoms with Crippen molar-refractivity contribution in [2.45, 2.75) is 6.18 Å². The van der Waals surface area contributed by atoms with Gasteiger partial charge < -0.3 is 14.3 Å². The van der Waals surface area contributed by atoms with Crippen LogP contribution < -0.4 is 10.2 Å². The van der Waals surface area contributed by atoms with E-state index in [1.54, 1.807) is 18.2 Å². The summed E-state index contributed by atoms with van der Waals surface area (Å²) < 4.78 is 49.5. The second kappa shape index (κ2) is 5.35. The first-order valence-corrected chi connectivity index (χ1v) is 6.46. The average molecular weight is 322 g/mol. The van der Waals surface area contributed by atoms with E-state index in [0.717, 1.165) is 6.07 Å². The molecule has 1 heterocycles. The number of rotatable bonds is 2. The molecule has 0 saturated carbocycles. The number of phenolic OH excluding ortho intramolecular Hbond substituents is 1. The molecule has 3 rings (SSSR count). The molecule has 0 spiro atoms. The number of hydrogen-bond acceptors (Lipinski definition) is 4. The molecule has 0 atom stereocenters. The van der Waals surface area contributed by atoms with Crippen LogP contribution in [0.3, 0.4) is 0 Å². The monoisotopic (exact) mass is 322 g/mol. The van der Waals surface area contributed by atoms with Crippen LogP contribution in [0.1, 0.15) is 5.76 Å². The molecule has 23 heavy (non-hydrogen) atoms. The zero-order chi connectivity index (χ0) is 16.6. The summed E-state index contributed by atoms with van der Waals surface area (Å²) >= 11 is 0. The Morgan fingerprint density at radius 1 is 1.04 bits per heavy atom. The minimum Gasteiger partial charge on any atom is -0.508 e. The number of aromatic hydroxyl groups is 1. The molecule has 1 aromatic heterocycles. The maximum atomic E-state index is 13.2. The van der Waals surface area contributed by atoms with Crippen LogP contribution in [0.5, 0.6) is 17.2 Å². The van der Waals surface area contributed by atoms with Crippen molar-refractivity contribution < 1.29 is 27.4 Å². The van der Waals surface area contributed by atoms with Crippen LogP contribution in [0, 0.1) is 0 Å². The van der Waals surface area contributed by atoms with Crippen LogP contribution >= 0.6 is 0 Å². The highest BCUT2D eigenvalue weighted by Gasteiger charge is 2.40. The van der Waals surface area contributed by atoms with E-state index in [2.05, 4.69) is 0 Å². The van der Waals surface area contributed by atoms with E-state index in [-0.39, 0.29) is 22.5 Å². The highest BCUT2D eigenvalue weighted by molar-refractivity contribution is 5.79. The van der Waals surface area contributed by atoms with E-state index < -0.39 is 23.1 Å². The van der Waals surface area contributed by atoms with Gasteiger partial charge in [-0.2, -0.15) is 13.2 Å². The molecule has 1 N–H and O–H groups in total. The largest absolute Gasteiger partial charge is 0.508 e. The van der Waals surface area contributed by atoms with E-state index in [9.17, 15) is 23.1 Å². The Morgan fingerprint density at radius 2 is 1.74 bits per heavy atom. The normalized spacial score (nSPS) is 11.6. The summed E-state index contributed by atoms with van der Waals surface area (Å²) in [7, 11) is 0. The molecule has 4 nitrogen and oxygen atoms in total. The second-order valence-corrected chi connectivity index (χ2v) is 4.68. The van der Waals surface area contributed by atoms with Gasteiger partial charge in [-0.15, -0.1) is 0 Å². The molecule has 0 fully saturated rings. The van der Waals surface area contributed by atoms with E-state index in [4.69, 9.17) is 9.15 Å². The number of para-hydroxylation sites is 1. The van der Waals surface area contributed by atoms with Gasteiger partial charge in [-0.05, 0) is 24.3 Å². The molecular formula is C16H9F3O4. The zero-order valence-electron chi connectivity index (χ0n) is 11.4. The van der Waals surface area contributed by atoms with E-state index in [1.807, 2.05) is 0 Å². The Hall–Kier alpha value is -2.96. The molecule has 0 amide bonds. The Kier molecular flexibility index (Phi) is 3.48. The van der Waals surface area contributed by atoms with Crippen LogP contribution in [0.2, 0.25) is 0 Å². The lowest BCUT2D eigenvalue weighted by Crippen LogP contribution is -2.15. The molecular weight excluding hydrogens is 313 g/mol. The summed E-state index contributed by atoms with van der Waals surface area (Å²) in [6.45, 7) is 0. The molecule has 0 bridgehead atoms. The molecule has 0 aliphatic heterocycles. The van der Waals surface area contributed by atoms with Gasteiger partial charge in [0, 0.05) is 6.07 Å². The highest BCUT2D eigenvalue weighted by Crippen LogP contribution is 2.38. The fraction of sp³-hybridized carbons (Fsp3) is 0.0625. The van der Waals surface area contributed by atoms with E-state index in [1.165, 1.54) is 24.3 Å². The summed E-state index contributed by atoms with van der Waals surface area (Å²) in [5.41, 5.74) is -1.34.